The maximum absolute atomic E-state index is 5.81. The van der Waals surface area contributed by atoms with E-state index in [4.69, 9.17) is 5.73 Å². The maximum atomic E-state index is 5.81. The van der Waals surface area contributed by atoms with E-state index in [1.807, 2.05) is 13.8 Å². The molecule has 1 nitrogen and oxygen atoms in total. The zero-order valence-electron chi connectivity index (χ0n) is 8.44. The van der Waals surface area contributed by atoms with Crippen LogP contribution in [-0.2, 0) is 0 Å². The van der Waals surface area contributed by atoms with E-state index >= 15 is 0 Å². The Balaban J connectivity index is 3.80. The summed E-state index contributed by atoms with van der Waals surface area (Å²) < 4.78 is 0. The molecule has 0 aliphatic carbocycles. The van der Waals surface area contributed by atoms with Crippen LogP contribution in [0, 0.1) is 5.41 Å². The van der Waals surface area contributed by atoms with Crippen molar-refractivity contribution in [2.75, 3.05) is 0 Å². The summed E-state index contributed by atoms with van der Waals surface area (Å²) in [6.07, 6.45) is 5.33. The molecular weight excluding hydrogens is 134 g/mol. The summed E-state index contributed by atoms with van der Waals surface area (Å²) in [7, 11) is 0. The summed E-state index contributed by atoms with van der Waals surface area (Å²) in [5, 5.41) is 0. The van der Waals surface area contributed by atoms with Crippen molar-refractivity contribution in [1.82, 2.24) is 0 Å². The predicted molar refractivity (Wildman–Crippen MR) is 51.5 cm³/mol. The highest BCUT2D eigenvalue weighted by Gasteiger charge is 2.08. The zero-order chi connectivity index (χ0) is 9.12. The van der Waals surface area contributed by atoms with Gasteiger partial charge in [0.25, 0.3) is 0 Å². The van der Waals surface area contributed by atoms with Crippen molar-refractivity contribution in [3.05, 3.63) is 12.2 Å². The Hall–Kier alpha value is -0.300. The van der Waals surface area contributed by atoms with Crippen molar-refractivity contribution >= 4 is 0 Å². The number of hydrogen-bond acceptors (Lipinski definition) is 1. The third-order valence-electron chi connectivity index (χ3n) is 1.26. The summed E-state index contributed by atoms with van der Waals surface area (Å²) in [4.78, 5) is 0. The third-order valence-corrected chi connectivity index (χ3v) is 1.26. The van der Waals surface area contributed by atoms with Gasteiger partial charge in [-0.2, -0.15) is 0 Å². The molecule has 66 valence electrons. The Labute approximate surface area is 70.7 Å². The van der Waals surface area contributed by atoms with Gasteiger partial charge in [-0.25, -0.2) is 0 Å². The Kier molecular flexibility index (Phi) is 3.30. The van der Waals surface area contributed by atoms with Crippen LogP contribution in [0.3, 0.4) is 0 Å². The number of hydrogen-bond donors (Lipinski definition) is 1. The molecule has 0 unspecified atom stereocenters. The van der Waals surface area contributed by atoms with E-state index in [1.165, 1.54) is 0 Å². The predicted octanol–water partition coefficient (Wildman–Crippen LogP) is 2.72. The summed E-state index contributed by atoms with van der Waals surface area (Å²) in [6, 6.07) is 0. The molecule has 11 heavy (non-hydrogen) atoms. The topological polar surface area (TPSA) is 26.0 Å². The van der Waals surface area contributed by atoms with Crippen molar-refractivity contribution in [3.8, 4) is 0 Å². The molecule has 0 heterocycles. The smallest absolute Gasteiger partial charge is 0.0132 e. The van der Waals surface area contributed by atoms with E-state index in [0.717, 1.165) is 6.42 Å². The van der Waals surface area contributed by atoms with Crippen molar-refractivity contribution in [3.63, 3.8) is 0 Å². The van der Waals surface area contributed by atoms with Gasteiger partial charge in [-0.1, -0.05) is 32.9 Å². The van der Waals surface area contributed by atoms with E-state index in [-0.39, 0.29) is 11.0 Å². The molecule has 0 aromatic rings. The van der Waals surface area contributed by atoms with Gasteiger partial charge in [-0.15, -0.1) is 0 Å². The van der Waals surface area contributed by atoms with Gasteiger partial charge >= 0.3 is 0 Å². The Bertz CT molecular complexity index is 132. The van der Waals surface area contributed by atoms with Crippen molar-refractivity contribution in [1.29, 1.82) is 0 Å². The summed E-state index contributed by atoms with van der Waals surface area (Å²) in [6.45, 7) is 10.6. The molecule has 0 fully saturated rings. The minimum Gasteiger partial charge on any atom is -0.325 e. The van der Waals surface area contributed by atoms with E-state index in [2.05, 4.69) is 32.9 Å². The van der Waals surface area contributed by atoms with Gasteiger partial charge in [-0.3, -0.25) is 0 Å². The fraction of sp³-hybridized carbons (Fsp3) is 0.800. The first-order chi connectivity index (χ1) is 4.71. The number of rotatable bonds is 2. The Morgan fingerprint density at radius 3 is 1.82 bits per heavy atom. The van der Waals surface area contributed by atoms with Crippen LogP contribution >= 0.6 is 0 Å². The van der Waals surface area contributed by atoms with Gasteiger partial charge < -0.3 is 5.73 Å². The first kappa shape index (κ1) is 10.7. The molecule has 0 aliphatic heterocycles. The second-order valence-corrected chi connectivity index (χ2v) is 4.96. The summed E-state index contributed by atoms with van der Waals surface area (Å²) in [5.74, 6) is 0. The van der Waals surface area contributed by atoms with Gasteiger partial charge in [0.1, 0.15) is 0 Å². The highest BCUT2D eigenvalue weighted by atomic mass is 14.7. The van der Waals surface area contributed by atoms with Gasteiger partial charge in [0.05, 0.1) is 0 Å². The molecule has 0 atom stereocenters. The Morgan fingerprint density at radius 1 is 1.09 bits per heavy atom. The average molecular weight is 155 g/mol. The lowest BCUT2D eigenvalue weighted by Crippen LogP contribution is -2.30. The van der Waals surface area contributed by atoms with E-state index in [1.54, 1.807) is 0 Å². The van der Waals surface area contributed by atoms with Crippen LogP contribution in [0.5, 0.6) is 0 Å². The maximum Gasteiger partial charge on any atom is 0.0132 e. The number of allylic oxidation sites excluding steroid dienone is 1. The summed E-state index contributed by atoms with van der Waals surface area (Å²) in [5.41, 5.74) is 6.03. The molecule has 0 bridgehead atoms. The van der Waals surface area contributed by atoms with Crippen LogP contribution in [0.4, 0.5) is 0 Å². The van der Waals surface area contributed by atoms with Gasteiger partial charge in [0, 0.05) is 5.54 Å². The van der Waals surface area contributed by atoms with E-state index in [0.29, 0.717) is 0 Å². The lowest BCUT2D eigenvalue weighted by Gasteiger charge is -2.17. The molecule has 1 heteroatoms. The standard InChI is InChI=1S/C10H21N/c1-9(2,3)7-6-8-10(4,5)11/h6-7H,8,11H2,1-5H3/b7-6+. The van der Waals surface area contributed by atoms with Crippen molar-refractivity contribution < 1.29 is 0 Å². The van der Waals surface area contributed by atoms with Crippen LogP contribution < -0.4 is 5.73 Å². The lowest BCUT2D eigenvalue weighted by molar-refractivity contribution is 0.511. The van der Waals surface area contributed by atoms with Gasteiger partial charge in [0.15, 0.2) is 0 Å². The zero-order valence-corrected chi connectivity index (χ0v) is 8.44. The summed E-state index contributed by atoms with van der Waals surface area (Å²) >= 11 is 0. The monoisotopic (exact) mass is 155 g/mol. The molecular formula is C10H21N. The largest absolute Gasteiger partial charge is 0.325 e. The quantitative estimate of drug-likeness (QED) is 0.610. The third kappa shape index (κ3) is 9.70. The van der Waals surface area contributed by atoms with Crippen molar-refractivity contribution in [2.45, 2.75) is 46.6 Å². The minimum absolute atomic E-state index is 0.0677. The molecule has 0 saturated heterocycles. The van der Waals surface area contributed by atoms with Crippen LogP contribution in [0.2, 0.25) is 0 Å². The highest BCUT2D eigenvalue weighted by molar-refractivity contribution is 4.95. The second kappa shape index (κ2) is 3.40. The molecule has 2 N–H and O–H groups in total. The van der Waals surface area contributed by atoms with Crippen LogP contribution in [0.25, 0.3) is 0 Å². The molecule has 0 aliphatic rings. The fourth-order valence-electron chi connectivity index (χ4n) is 0.716. The fourth-order valence-corrected chi connectivity index (χ4v) is 0.716. The van der Waals surface area contributed by atoms with E-state index in [9.17, 15) is 0 Å². The van der Waals surface area contributed by atoms with Gasteiger partial charge in [-0.05, 0) is 25.7 Å². The molecule has 0 aromatic heterocycles. The first-order valence-corrected chi connectivity index (χ1v) is 4.17. The SMILES string of the molecule is CC(C)(C)/C=C/CC(C)(C)N. The van der Waals surface area contributed by atoms with Crippen LogP contribution in [0.1, 0.15) is 41.0 Å². The second-order valence-electron chi connectivity index (χ2n) is 4.96. The van der Waals surface area contributed by atoms with Crippen LogP contribution in [0.15, 0.2) is 12.2 Å². The molecule has 0 radical (unpaired) electrons. The molecule has 0 spiro atoms. The number of nitrogens with two attached hydrogens (primary N) is 1. The van der Waals surface area contributed by atoms with Gasteiger partial charge in [0.2, 0.25) is 0 Å². The molecule has 0 aromatic carbocycles. The Morgan fingerprint density at radius 2 is 1.55 bits per heavy atom. The minimum atomic E-state index is -0.0677. The molecule has 0 rings (SSSR count). The highest BCUT2D eigenvalue weighted by Crippen LogP contribution is 2.16. The molecule has 0 saturated carbocycles. The van der Waals surface area contributed by atoms with Crippen LogP contribution in [-0.4, -0.2) is 5.54 Å². The normalized spacial score (nSPS) is 14.4. The van der Waals surface area contributed by atoms with E-state index < -0.39 is 0 Å². The average Bonchev–Trinajstić information content (AvgIpc) is 1.55. The lowest BCUT2D eigenvalue weighted by atomic mass is 9.93. The molecule has 0 amide bonds. The first-order valence-electron chi connectivity index (χ1n) is 4.17. The van der Waals surface area contributed by atoms with Crippen molar-refractivity contribution in [2.24, 2.45) is 11.1 Å².